The van der Waals surface area contributed by atoms with E-state index in [-0.39, 0.29) is 0 Å². The number of pyridine rings is 1. The van der Waals surface area contributed by atoms with Gasteiger partial charge in [0.15, 0.2) is 0 Å². The minimum atomic E-state index is 0.634. The highest BCUT2D eigenvalue weighted by Gasteiger charge is 2.09. The maximum absolute atomic E-state index is 5.88. The molecule has 0 fully saturated rings. The molecule has 4 aromatic rings. The van der Waals surface area contributed by atoms with E-state index in [2.05, 4.69) is 78.1 Å². The maximum atomic E-state index is 5.88. The van der Waals surface area contributed by atoms with Crippen molar-refractivity contribution in [1.82, 2.24) is 9.55 Å². The number of benzene rings is 2. The van der Waals surface area contributed by atoms with E-state index >= 15 is 0 Å². The Morgan fingerprint density at radius 2 is 1.77 bits per heavy atom. The van der Waals surface area contributed by atoms with Crippen LogP contribution in [0.4, 0.5) is 0 Å². The zero-order valence-electron chi connectivity index (χ0n) is 15.1. The molecular weight excluding hydrogens is 320 g/mol. The molecule has 26 heavy (non-hydrogen) atoms. The predicted octanol–water partition coefficient (Wildman–Crippen LogP) is 5.40. The number of rotatable bonds is 5. The molecule has 0 saturated carbocycles. The number of ether oxygens (including phenoxy) is 1. The number of fused-ring (bicyclic) bond motifs is 1. The fourth-order valence-electron chi connectivity index (χ4n) is 3.24. The minimum absolute atomic E-state index is 0.634. The van der Waals surface area contributed by atoms with Crippen molar-refractivity contribution >= 4 is 10.9 Å². The Kier molecular flexibility index (Phi) is 4.44. The number of hydrogen-bond donors (Lipinski definition) is 0. The van der Waals surface area contributed by atoms with Crippen LogP contribution in [-0.4, -0.2) is 16.2 Å². The molecule has 0 aliphatic heterocycles. The number of hydrogen-bond acceptors (Lipinski definition) is 2. The fraction of sp³-hybridized carbons (Fsp3) is 0.174. The van der Waals surface area contributed by atoms with Crippen molar-refractivity contribution in [3.05, 3.63) is 84.2 Å². The Morgan fingerprint density at radius 3 is 2.58 bits per heavy atom. The molecule has 0 aliphatic rings. The van der Waals surface area contributed by atoms with Crippen LogP contribution in [0, 0.1) is 13.8 Å². The van der Waals surface area contributed by atoms with Gasteiger partial charge in [0, 0.05) is 23.3 Å². The number of nitrogens with zero attached hydrogens (tertiary/aromatic N) is 2. The SMILES string of the molecule is Cc1ccc(OCCn2ccc3c(-c4cccc(C)c4)nccc32)cc1. The van der Waals surface area contributed by atoms with Crippen LogP contribution in [0.2, 0.25) is 0 Å². The summed E-state index contributed by atoms with van der Waals surface area (Å²) < 4.78 is 8.10. The summed E-state index contributed by atoms with van der Waals surface area (Å²) in [6.07, 6.45) is 4.00. The van der Waals surface area contributed by atoms with Gasteiger partial charge < -0.3 is 9.30 Å². The summed E-state index contributed by atoms with van der Waals surface area (Å²) in [6, 6.07) is 20.9. The van der Waals surface area contributed by atoms with Crippen LogP contribution in [-0.2, 0) is 6.54 Å². The van der Waals surface area contributed by atoms with E-state index < -0.39 is 0 Å². The van der Waals surface area contributed by atoms with Crippen molar-refractivity contribution in [2.45, 2.75) is 20.4 Å². The molecule has 3 heteroatoms. The van der Waals surface area contributed by atoms with Crippen LogP contribution in [0.5, 0.6) is 5.75 Å². The first kappa shape index (κ1) is 16.4. The van der Waals surface area contributed by atoms with Gasteiger partial charge in [-0.2, -0.15) is 0 Å². The van der Waals surface area contributed by atoms with E-state index in [0.29, 0.717) is 6.61 Å². The monoisotopic (exact) mass is 342 g/mol. The highest BCUT2D eigenvalue weighted by atomic mass is 16.5. The van der Waals surface area contributed by atoms with Gasteiger partial charge in [-0.15, -0.1) is 0 Å². The zero-order chi connectivity index (χ0) is 17.9. The first-order chi connectivity index (χ1) is 12.7. The molecule has 2 heterocycles. The average molecular weight is 342 g/mol. The van der Waals surface area contributed by atoms with Gasteiger partial charge in [-0.05, 0) is 44.2 Å². The molecule has 0 atom stereocenters. The largest absolute Gasteiger partial charge is 0.492 e. The normalized spacial score (nSPS) is 11.0. The fourth-order valence-corrected chi connectivity index (χ4v) is 3.24. The third-order valence-electron chi connectivity index (χ3n) is 4.61. The van der Waals surface area contributed by atoms with E-state index in [0.717, 1.165) is 23.6 Å². The summed E-state index contributed by atoms with van der Waals surface area (Å²) in [7, 11) is 0. The first-order valence-electron chi connectivity index (χ1n) is 8.91. The van der Waals surface area contributed by atoms with Gasteiger partial charge in [0.05, 0.1) is 17.8 Å². The molecular formula is C23H22N2O. The summed E-state index contributed by atoms with van der Waals surface area (Å²) >= 11 is 0. The molecule has 0 amide bonds. The standard InChI is InChI=1S/C23H22N2O/c1-17-6-8-20(9-7-17)26-15-14-25-13-11-21-22(25)10-12-24-23(21)19-5-3-4-18(2)16-19/h3-13,16H,14-15H2,1-2H3. The van der Waals surface area contributed by atoms with Gasteiger partial charge in [-0.1, -0.05) is 41.5 Å². The molecule has 0 aliphatic carbocycles. The van der Waals surface area contributed by atoms with Crippen LogP contribution in [0.3, 0.4) is 0 Å². The molecule has 0 radical (unpaired) electrons. The predicted molar refractivity (Wildman–Crippen MR) is 107 cm³/mol. The van der Waals surface area contributed by atoms with Crippen LogP contribution in [0.1, 0.15) is 11.1 Å². The van der Waals surface area contributed by atoms with E-state index in [9.17, 15) is 0 Å². The van der Waals surface area contributed by atoms with Crippen molar-refractivity contribution in [3.63, 3.8) is 0 Å². The molecule has 0 bridgehead atoms. The zero-order valence-corrected chi connectivity index (χ0v) is 15.1. The maximum Gasteiger partial charge on any atom is 0.119 e. The third-order valence-corrected chi connectivity index (χ3v) is 4.61. The average Bonchev–Trinajstić information content (AvgIpc) is 3.07. The van der Waals surface area contributed by atoms with E-state index in [1.54, 1.807) is 0 Å². The summed E-state index contributed by atoms with van der Waals surface area (Å²) in [6.45, 7) is 5.62. The van der Waals surface area contributed by atoms with Crippen molar-refractivity contribution in [2.24, 2.45) is 0 Å². The second-order valence-electron chi connectivity index (χ2n) is 6.63. The first-order valence-corrected chi connectivity index (χ1v) is 8.91. The smallest absolute Gasteiger partial charge is 0.119 e. The summed E-state index contributed by atoms with van der Waals surface area (Å²) in [5.41, 5.74) is 5.86. The lowest BCUT2D eigenvalue weighted by molar-refractivity contribution is 0.300. The topological polar surface area (TPSA) is 27.1 Å². The van der Waals surface area contributed by atoms with E-state index in [4.69, 9.17) is 4.74 Å². The molecule has 0 spiro atoms. The lowest BCUT2D eigenvalue weighted by atomic mass is 10.1. The second kappa shape index (κ2) is 7.04. The Labute approximate surface area is 153 Å². The van der Waals surface area contributed by atoms with Gasteiger partial charge in [0.25, 0.3) is 0 Å². The second-order valence-corrected chi connectivity index (χ2v) is 6.63. The molecule has 4 rings (SSSR count). The van der Waals surface area contributed by atoms with Crippen molar-refractivity contribution in [2.75, 3.05) is 6.61 Å². The molecule has 2 aromatic carbocycles. The highest BCUT2D eigenvalue weighted by molar-refractivity contribution is 5.93. The van der Waals surface area contributed by atoms with Crippen molar-refractivity contribution in [3.8, 4) is 17.0 Å². The molecule has 0 saturated heterocycles. The van der Waals surface area contributed by atoms with Gasteiger partial charge in [0.1, 0.15) is 12.4 Å². The lowest BCUT2D eigenvalue weighted by Crippen LogP contribution is -2.07. The quantitative estimate of drug-likeness (QED) is 0.485. The lowest BCUT2D eigenvalue weighted by Gasteiger charge is -2.09. The van der Waals surface area contributed by atoms with Crippen LogP contribution >= 0.6 is 0 Å². The summed E-state index contributed by atoms with van der Waals surface area (Å²) in [5, 5.41) is 1.17. The van der Waals surface area contributed by atoms with Gasteiger partial charge in [0.2, 0.25) is 0 Å². The Morgan fingerprint density at radius 1 is 0.923 bits per heavy atom. The van der Waals surface area contributed by atoms with Crippen LogP contribution in [0.25, 0.3) is 22.2 Å². The third kappa shape index (κ3) is 3.33. The molecule has 130 valence electrons. The van der Waals surface area contributed by atoms with Gasteiger partial charge in [-0.3, -0.25) is 4.98 Å². The van der Waals surface area contributed by atoms with Crippen LogP contribution < -0.4 is 4.74 Å². The van der Waals surface area contributed by atoms with Gasteiger partial charge in [-0.25, -0.2) is 0 Å². The van der Waals surface area contributed by atoms with E-state index in [1.807, 2.05) is 18.3 Å². The van der Waals surface area contributed by atoms with E-state index in [1.165, 1.54) is 22.0 Å². The van der Waals surface area contributed by atoms with Gasteiger partial charge >= 0.3 is 0 Å². The Balaban J connectivity index is 1.55. The Bertz CT molecular complexity index is 1030. The molecule has 0 unspecified atom stereocenters. The van der Waals surface area contributed by atoms with Crippen molar-refractivity contribution < 1.29 is 4.74 Å². The highest BCUT2D eigenvalue weighted by Crippen LogP contribution is 2.27. The number of aromatic nitrogens is 2. The Hall–Kier alpha value is -3.07. The van der Waals surface area contributed by atoms with Crippen molar-refractivity contribution in [1.29, 1.82) is 0 Å². The molecule has 0 N–H and O–H groups in total. The van der Waals surface area contributed by atoms with Crippen LogP contribution in [0.15, 0.2) is 73.1 Å². The number of aryl methyl sites for hydroxylation is 2. The molecule has 2 aromatic heterocycles. The summed E-state index contributed by atoms with van der Waals surface area (Å²) in [4.78, 5) is 4.62. The summed E-state index contributed by atoms with van der Waals surface area (Å²) in [5.74, 6) is 0.911. The minimum Gasteiger partial charge on any atom is -0.492 e. The molecule has 3 nitrogen and oxygen atoms in total.